The molecule has 1 unspecified atom stereocenters. The summed E-state index contributed by atoms with van der Waals surface area (Å²) in [5, 5.41) is 19.9. The van der Waals surface area contributed by atoms with Crippen molar-refractivity contribution in [2.24, 2.45) is 0 Å². The average molecular weight is 353 g/mol. The summed E-state index contributed by atoms with van der Waals surface area (Å²) in [4.78, 5) is 33.1. The van der Waals surface area contributed by atoms with E-state index in [9.17, 15) is 14.4 Å². The van der Waals surface area contributed by atoms with Gasteiger partial charge in [0.2, 0.25) is 5.91 Å². The zero-order chi connectivity index (χ0) is 17.5. The van der Waals surface area contributed by atoms with E-state index in [1.54, 1.807) is 0 Å². The number of hydrogen-bond donors (Lipinski definition) is 3. The molecule has 0 aliphatic rings. The Morgan fingerprint density at radius 1 is 0.833 bits per heavy atom. The van der Waals surface area contributed by atoms with Gasteiger partial charge in [-0.1, -0.05) is 58.3 Å². The van der Waals surface area contributed by atoms with Gasteiger partial charge in [0, 0.05) is 12.8 Å². The van der Waals surface area contributed by atoms with Gasteiger partial charge in [0.05, 0.1) is 0 Å². The van der Waals surface area contributed by atoms with E-state index in [1.165, 1.54) is 38.5 Å². The maximum atomic E-state index is 11.7. The molecule has 0 radical (unpaired) electrons. The summed E-state index contributed by atoms with van der Waals surface area (Å²) in [6.07, 6.45) is 10.3. The van der Waals surface area contributed by atoms with Crippen LogP contribution in [-0.2, 0) is 14.4 Å². The molecule has 0 aromatic heterocycles. The summed E-state index contributed by atoms with van der Waals surface area (Å²) in [7, 11) is 0. The Hall–Kier alpha value is -0.590. The van der Waals surface area contributed by atoms with Crippen LogP contribution in [0.2, 0.25) is 0 Å². The van der Waals surface area contributed by atoms with Crippen LogP contribution in [0.25, 0.3) is 0 Å². The first kappa shape index (κ1) is 25.6. The number of unbranched alkanes of at least 4 members (excludes halogenated alkanes) is 8. The van der Waals surface area contributed by atoms with E-state index in [2.05, 4.69) is 12.2 Å². The summed E-state index contributed by atoms with van der Waals surface area (Å²) in [6, 6.07) is -1.11. The van der Waals surface area contributed by atoms with Crippen LogP contribution in [0, 0.1) is 0 Å². The summed E-state index contributed by atoms with van der Waals surface area (Å²) >= 11 is 0. The van der Waals surface area contributed by atoms with Gasteiger partial charge in [0.1, 0.15) is 6.04 Å². The molecule has 0 spiro atoms. The van der Waals surface area contributed by atoms with E-state index >= 15 is 0 Å². The van der Waals surface area contributed by atoms with Crippen LogP contribution in [0.1, 0.15) is 84.0 Å². The maximum absolute atomic E-state index is 11.7. The second kappa shape index (κ2) is 17.2. The number of amides is 1. The molecule has 0 saturated heterocycles. The van der Waals surface area contributed by atoms with E-state index in [-0.39, 0.29) is 48.3 Å². The number of carboxylic acid groups (broad SMARTS) is 2. The van der Waals surface area contributed by atoms with Crippen molar-refractivity contribution >= 4 is 47.4 Å². The number of hydrogen-bond acceptors (Lipinski definition) is 3. The first-order valence-corrected chi connectivity index (χ1v) is 8.71. The molecule has 0 saturated carbocycles. The van der Waals surface area contributed by atoms with Crippen LogP contribution in [0.3, 0.4) is 0 Å². The first-order valence-electron chi connectivity index (χ1n) is 8.71. The Kier molecular flexibility index (Phi) is 18.4. The van der Waals surface area contributed by atoms with Crippen LogP contribution in [-0.4, -0.2) is 63.7 Å². The zero-order valence-corrected chi connectivity index (χ0v) is 14.2. The van der Waals surface area contributed by atoms with Crippen molar-refractivity contribution in [3.63, 3.8) is 0 Å². The van der Waals surface area contributed by atoms with Gasteiger partial charge in [0.25, 0.3) is 0 Å². The molecule has 0 fully saturated rings. The molecule has 0 heterocycles. The molecule has 136 valence electrons. The number of nitrogens with one attached hydrogen (secondary N) is 1. The van der Waals surface area contributed by atoms with E-state index in [1.807, 2.05) is 0 Å². The second-order valence-corrected chi connectivity index (χ2v) is 5.97. The van der Waals surface area contributed by atoms with Gasteiger partial charge in [-0.05, 0) is 12.8 Å². The monoisotopic (exact) mass is 353 g/mol. The van der Waals surface area contributed by atoms with E-state index in [0.717, 1.165) is 19.3 Å². The van der Waals surface area contributed by atoms with Gasteiger partial charge in [0.15, 0.2) is 0 Å². The molecule has 0 bridgehead atoms. The van der Waals surface area contributed by atoms with Gasteiger partial charge in [-0.2, -0.15) is 0 Å². The molecule has 1 amide bonds. The second-order valence-electron chi connectivity index (χ2n) is 5.97. The Labute approximate surface area is 167 Å². The van der Waals surface area contributed by atoms with Crippen molar-refractivity contribution < 1.29 is 24.6 Å². The molecular formula is C17H32NNaO5. The van der Waals surface area contributed by atoms with Crippen LogP contribution in [0.15, 0.2) is 0 Å². The summed E-state index contributed by atoms with van der Waals surface area (Å²) < 4.78 is 0. The van der Waals surface area contributed by atoms with E-state index in [0.29, 0.717) is 6.42 Å². The van der Waals surface area contributed by atoms with Gasteiger partial charge < -0.3 is 15.5 Å². The SMILES string of the molecule is CCCCCCCCCCCC(=O)NC(CCC(=O)O)C(=O)O.[NaH]. The number of aliphatic carboxylic acids is 2. The van der Waals surface area contributed by atoms with Crippen LogP contribution in [0.5, 0.6) is 0 Å². The Morgan fingerprint density at radius 3 is 1.79 bits per heavy atom. The zero-order valence-electron chi connectivity index (χ0n) is 14.2. The number of carboxylic acids is 2. The molecule has 0 rings (SSSR count). The van der Waals surface area contributed by atoms with Crippen molar-refractivity contribution in [1.82, 2.24) is 5.32 Å². The Bertz CT molecular complexity index is 363. The van der Waals surface area contributed by atoms with Crippen LogP contribution < -0.4 is 5.32 Å². The molecule has 6 nitrogen and oxygen atoms in total. The predicted octanol–water partition coefficient (Wildman–Crippen LogP) is 2.69. The van der Waals surface area contributed by atoms with Crippen LogP contribution in [0.4, 0.5) is 0 Å². The van der Waals surface area contributed by atoms with Crippen molar-refractivity contribution in [2.75, 3.05) is 0 Å². The van der Waals surface area contributed by atoms with Gasteiger partial charge in [-0.15, -0.1) is 0 Å². The third-order valence-electron chi connectivity index (χ3n) is 3.79. The quantitative estimate of drug-likeness (QED) is 0.310. The first-order chi connectivity index (χ1) is 11.0. The van der Waals surface area contributed by atoms with Crippen molar-refractivity contribution in [3.05, 3.63) is 0 Å². The molecule has 0 aromatic rings. The summed E-state index contributed by atoms with van der Waals surface area (Å²) in [5.41, 5.74) is 0. The molecule has 0 aliphatic carbocycles. The van der Waals surface area contributed by atoms with Crippen LogP contribution >= 0.6 is 0 Å². The van der Waals surface area contributed by atoms with Crippen molar-refractivity contribution in [3.8, 4) is 0 Å². The predicted molar refractivity (Wildman–Crippen MR) is 95.4 cm³/mol. The normalized spacial score (nSPS) is 11.4. The number of rotatable bonds is 15. The van der Waals surface area contributed by atoms with Gasteiger partial charge in [-0.25, -0.2) is 4.79 Å². The fourth-order valence-corrected chi connectivity index (χ4v) is 2.39. The molecule has 3 N–H and O–H groups in total. The fraction of sp³-hybridized carbons (Fsp3) is 0.824. The third kappa shape index (κ3) is 16.3. The molecule has 7 heteroatoms. The Morgan fingerprint density at radius 2 is 1.33 bits per heavy atom. The number of carbonyl (C=O) groups is 3. The van der Waals surface area contributed by atoms with Crippen molar-refractivity contribution in [2.45, 2.75) is 90.0 Å². The topological polar surface area (TPSA) is 104 Å². The molecule has 1 atom stereocenters. The standard InChI is InChI=1S/C17H31NO5.Na.H/c1-2-3-4-5-6-7-8-9-10-11-15(19)18-14(17(22)23)12-13-16(20)21;;/h14H,2-13H2,1H3,(H,18,19)(H,20,21)(H,22,23);;. The molecule has 24 heavy (non-hydrogen) atoms. The number of carbonyl (C=O) groups excluding carboxylic acids is 1. The van der Waals surface area contributed by atoms with Crippen molar-refractivity contribution in [1.29, 1.82) is 0 Å². The molecular weight excluding hydrogens is 321 g/mol. The van der Waals surface area contributed by atoms with Gasteiger partial charge >= 0.3 is 41.5 Å². The van der Waals surface area contributed by atoms with E-state index < -0.39 is 18.0 Å². The van der Waals surface area contributed by atoms with Gasteiger partial charge in [-0.3, -0.25) is 9.59 Å². The molecule has 0 aliphatic heterocycles. The minimum absolute atomic E-state index is 0. The van der Waals surface area contributed by atoms with E-state index in [4.69, 9.17) is 10.2 Å². The fourth-order valence-electron chi connectivity index (χ4n) is 2.39. The summed E-state index contributed by atoms with van der Waals surface area (Å²) in [6.45, 7) is 2.20. The Balaban J connectivity index is 0. The minimum atomic E-state index is -1.19. The summed E-state index contributed by atoms with van der Waals surface area (Å²) in [5.74, 6) is -2.57. The third-order valence-corrected chi connectivity index (χ3v) is 3.79. The average Bonchev–Trinajstić information content (AvgIpc) is 2.49. The molecule has 0 aromatic carbocycles.